The fourth-order valence-electron chi connectivity index (χ4n) is 2.77. The molecule has 0 bridgehead atoms. The highest BCUT2D eigenvalue weighted by Gasteiger charge is 2.07. The largest absolute Gasteiger partial charge is 0.285 e. The number of aromatic nitrogens is 4. The lowest BCUT2D eigenvalue weighted by molar-refractivity contribution is 0.938. The van der Waals surface area contributed by atoms with E-state index in [4.69, 9.17) is 10.1 Å². The fraction of sp³-hybridized carbons (Fsp3) is 0.174. The second-order valence-electron chi connectivity index (χ2n) is 6.89. The van der Waals surface area contributed by atoms with Crippen LogP contribution >= 0.6 is 0 Å². The number of H-pyrrole nitrogens is 1. The normalized spacial score (nSPS) is 12.1. The molecule has 0 saturated heterocycles. The van der Waals surface area contributed by atoms with Crippen molar-refractivity contribution >= 4 is 11.4 Å². The van der Waals surface area contributed by atoms with Crippen molar-refractivity contribution in [2.45, 2.75) is 27.7 Å². The average molecular weight is 371 g/mol. The van der Waals surface area contributed by atoms with Gasteiger partial charge in [-0.05, 0) is 57.6 Å². The van der Waals surface area contributed by atoms with Crippen LogP contribution in [0.4, 0.5) is 0 Å². The summed E-state index contributed by atoms with van der Waals surface area (Å²) in [4.78, 5) is 4.81. The second-order valence-corrected chi connectivity index (χ2v) is 6.89. The van der Waals surface area contributed by atoms with Crippen LogP contribution in [0.3, 0.4) is 0 Å². The van der Waals surface area contributed by atoms with E-state index in [2.05, 4.69) is 48.0 Å². The summed E-state index contributed by atoms with van der Waals surface area (Å²) in [5.74, 6) is 0.673. The Morgan fingerprint density at radius 2 is 2.04 bits per heavy atom. The van der Waals surface area contributed by atoms with Crippen molar-refractivity contribution in [3.05, 3.63) is 90.1 Å². The van der Waals surface area contributed by atoms with Gasteiger partial charge in [0.25, 0.3) is 0 Å². The van der Waals surface area contributed by atoms with Crippen LogP contribution < -0.4 is 0 Å². The molecule has 0 radical (unpaired) electrons. The highest BCUT2D eigenvalue weighted by atomic mass is 15.3. The molecule has 3 aromatic rings. The minimum atomic E-state index is 0.673. The zero-order valence-corrected chi connectivity index (χ0v) is 16.8. The van der Waals surface area contributed by atoms with E-state index in [1.54, 1.807) is 17.0 Å². The minimum Gasteiger partial charge on any atom is -0.285 e. The number of hydrogen-bond donors (Lipinski definition) is 1. The molecule has 0 aliphatic heterocycles. The lowest BCUT2D eigenvalue weighted by Crippen LogP contribution is -2.10. The number of nitrogens with one attached hydrogen (secondary N) is 1. The van der Waals surface area contributed by atoms with E-state index in [-0.39, 0.29) is 0 Å². The standard InChI is InChI=1S/C23H25N5/c1-6-23(26-22(16(2)3)13-18(5)20-14-24-25-15-20)28-11-10-21(27-28)19-9-7-8-17(4)12-19/h6-15H,1H2,2-5H3,(H,24,25)/b18-13+,26-23?. The monoisotopic (exact) mass is 371 g/mol. The molecule has 5 nitrogen and oxygen atoms in total. The van der Waals surface area contributed by atoms with Gasteiger partial charge in [-0.3, -0.25) is 5.10 Å². The van der Waals surface area contributed by atoms with Gasteiger partial charge in [0.2, 0.25) is 0 Å². The molecular formula is C23H25N5. The molecule has 1 N–H and O–H groups in total. The molecule has 0 amide bonds. The van der Waals surface area contributed by atoms with Gasteiger partial charge in [0.05, 0.1) is 17.6 Å². The third-order valence-corrected chi connectivity index (χ3v) is 4.37. The Bertz CT molecular complexity index is 1060. The van der Waals surface area contributed by atoms with Crippen molar-refractivity contribution < 1.29 is 0 Å². The van der Waals surface area contributed by atoms with Gasteiger partial charge in [-0.2, -0.15) is 10.2 Å². The minimum absolute atomic E-state index is 0.673. The van der Waals surface area contributed by atoms with Crippen LogP contribution in [0.15, 0.2) is 83.9 Å². The van der Waals surface area contributed by atoms with E-state index in [0.29, 0.717) is 5.84 Å². The van der Waals surface area contributed by atoms with E-state index in [1.165, 1.54) is 5.56 Å². The molecule has 0 fully saturated rings. The van der Waals surface area contributed by atoms with Crippen LogP contribution in [0.25, 0.3) is 16.8 Å². The summed E-state index contributed by atoms with van der Waals surface area (Å²) in [5.41, 5.74) is 7.29. The first kappa shape index (κ1) is 19.3. The van der Waals surface area contributed by atoms with E-state index in [0.717, 1.165) is 33.7 Å². The van der Waals surface area contributed by atoms with Crippen molar-refractivity contribution in [1.29, 1.82) is 0 Å². The molecule has 2 heterocycles. The van der Waals surface area contributed by atoms with Crippen molar-refractivity contribution in [2.24, 2.45) is 4.99 Å². The molecular weight excluding hydrogens is 346 g/mol. The van der Waals surface area contributed by atoms with Crippen molar-refractivity contribution in [1.82, 2.24) is 20.0 Å². The molecule has 3 rings (SSSR count). The number of nitrogens with zero attached hydrogens (tertiary/aromatic N) is 4. The van der Waals surface area contributed by atoms with Gasteiger partial charge in [-0.25, -0.2) is 9.67 Å². The second kappa shape index (κ2) is 8.48. The van der Waals surface area contributed by atoms with Crippen molar-refractivity contribution in [3.63, 3.8) is 0 Å². The predicted octanol–water partition coefficient (Wildman–Crippen LogP) is 5.41. The Kier molecular flexibility index (Phi) is 5.84. The molecule has 5 heteroatoms. The number of aromatic amines is 1. The lowest BCUT2D eigenvalue weighted by Gasteiger charge is -2.06. The van der Waals surface area contributed by atoms with Gasteiger partial charge in [0.1, 0.15) is 0 Å². The van der Waals surface area contributed by atoms with E-state index in [1.807, 2.05) is 45.3 Å². The molecule has 0 aliphatic carbocycles. The van der Waals surface area contributed by atoms with Gasteiger partial charge < -0.3 is 0 Å². The van der Waals surface area contributed by atoms with E-state index in [9.17, 15) is 0 Å². The Morgan fingerprint density at radius 3 is 2.68 bits per heavy atom. The summed E-state index contributed by atoms with van der Waals surface area (Å²) >= 11 is 0. The molecule has 1 aromatic carbocycles. The number of rotatable bonds is 5. The van der Waals surface area contributed by atoms with E-state index >= 15 is 0 Å². The Morgan fingerprint density at radius 1 is 1.21 bits per heavy atom. The highest BCUT2D eigenvalue weighted by Crippen LogP contribution is 2.20. The highest BCUT2D eigenvalue weighted by molar-refractivity contribution is 5.95. The number of aliphatic imine (C=N–C) groups is 1. The van der Waals surface area contributed by atoms with E-state index < -0.39 is 0 Å². The van der Waals surface area contributed by atoms with Crippen LogP contribution in [0.2, 0.25) is 0 Å². The molecule has 0 aliphatic rings. The zero-order valence-electron chi connectivity index (χ0n) is 16.8. The summed E-state index contributed by atoms with van der Waals surface area (Å²) < 4.78 is 1.76. The van der Waals surface area contributed by atoms with Crippen LogP contribution in [0.1, 0.15) is 31.9 Å². The summed E-state index contributed by atoms with van der Waals surface area (Å²) in [6.07, 6.45) is 9.35. The number of aryl methyl sites for hydroxylation is 1. The summed E-state index contributed by atoms with van der Waals surface area (Å²) in [7, 11) is 0. The van der Waals surface area contributed by atoms with Crippen LogP contribution in [-0.2, 0) is 0 Å². The third-order valence-electron chi connectivity index (χ3n) is 4.37. The molecule has 0 unspecified atom stereocenters. The summed E-state index contributed by atoms with van der Waals surface area (Å²) in [5, 5.41) is 11.5. The molecule has 2 aromatic heterocycles. The SMILES string of the molecule is C=CC(=NC(/C=C(\C)c1cn[nH]c1)=C(C)C)n1ccc(-c2cccc(C)c2)n1. The molecule has 28 heavy (non-hydrogen) atoms. The number of hydrogen-bond acceptors (Lipinski definition) is 3. The van der Waals surface area contributed by atoms with Gasteiger partial charge >= 0.3 is 0 Å². The molecule has 0 spiro atoms. The quantitative estimate of drug-likeness (QED) is 0.370. The number of allylic oxidation sites excluding steroid dienone is 4. The fourth-order valence-corrected chi connectivity index (χ4v) is 2.77. The maximum Gasteiger partial charge on any atom is 0.153 e. The zero-order chi connectivity index (χ0) is 20.1. The maximum absolute atomic E-state index is 4.81. The summed E-state index contributed by atoms with van der Waals surface area (Å²) in [6, 6.07) is 10.3. The Balaban J connectivity index is 1.95. The van der Waals surface area contributed by atoms with Gasteiger partial charge in [-0.15, -0.1) is 0 Å². The molecule has 142 valence electrons. The van der Waals surface area contributed by atoms with Crippen molar-refractivity contribution in [2.75, 3.05) is 0 Å². The third kappa shape index (κ3) is 4.43. The Hall–Kier alpha value is -3.47. The number of benzene rings is 1. The summed E-state index contributed by atoms with van der Waals surface area (Å²) in [6.45, 7) is 12.1. The van der Waals surface area contributed by atoms with Crippen LogP contribution in [0.5, 0.6) is 0 Å². The van der Waals surface area contributed by atoms with Crippen LogP contribution in [-0.4, -0.2) is 25.8 Å². The van der Waals surface area contributed by atoms with Gasteiger partial charge in [-0.1, -0.05) is 35.9 Å². The first-order valence-corrected chi connectivity index (χ1v) is 9.17. The van der Waals surface area contributed by atoms with Gasteiger partial charge in [0, 0.05) is 23.5 Å². The van der Waals surface area contributed by atoms with Gasteiger partial charge in [0.15, 0.2) is 5.84 Å². The average Bonchev–Trinajstić information content (AvgIpc) is 3.36. The van der Waals surface area contributed by atoms with Crippen LogP contribution in [0, 0.1) is 6.92 Å². The smallest absolute Gasteiger partial charge is 0.153 e. The Labute approximate surface area is 165 Å². The molecule has 0 atom stereocenters. The lowest BCUT2D eigenvalue weighted by atomic mass is 10.1. The van der Waals surface area contributed by atoms with Crippen molar-refractivity contribution in [3.8, 4) is 11.3 Å². The first-order chi connectivity index (χ1) is 13.5. The maximum atomic E-state index is 4.81. The topological polar surface area (TPSA) is 58.9 Å². The first-order valence-electron chi connectivity index (χ1n) is 9.17. The molecule has 0 saturated carbocycles. The predicted molar refractivity (Wildman–Crippen MR) is 116 cm³/mol.